The van der Waals surface area contributed by atoms with Crippen molar-refractivity contribution in [3.8, 4) is 5.75 Å². The van der Waals surface area contributed by atoms with Crippen LogP contribution in [-0.4, -0.2) is 22.6 Å². The minimum atomic E-state index is 0.376. The third-order valence-electron chi connectivity index (χ3n) is 4.77. The summed E-state index contributed by atoms with van der Waals surface area (Å²) in [4.78, 5) is 2.56. The van der Waals surface area contributed by atoms with Crippen molar-refractivity contribution in [2.24, 2.45) is 5.92 Å². The molecule has 1 aliphatic carbocycles. The van der Waals surface area contributed by atoms with Gasteiger partial charge in [-0.1, -0.05) is 24.4 Å². The summed E-state index contributed by atoms with van der Waals surface area (Å²) in [6.45, 7) is 2.00. The zero-order valence-electron chi connectivity index (χ0n) is 11.3. The summed E-state index contributed by atoms with van der Waals surface area (Å²) in [5, 5.41) is 10.7. The fourth-order valence-corrected chi connectivity index (χ4v) is 4.02. The molecule has 1 N–H and O–H groups in total. The minimum Gasteiger partial charge on any atom is -0.508 e. The molecule has 2 fully saturated rings. The first kappa shape index (κ1) is 13.3. The second kappa shape index (κ2) is 5.72. The molecule has 1 aliphatic heterocycles. The number of phenolic OH excluding ortho intramolecular Hbond substituents is 1. The van der Waals surface area contributed by atoms with Crippen molar-refractivity contribution < 1.29 is 5.11 Å². The topological polar surface area (TPSA) is 23.5 Å². The van der Waals surface area contributed by atoms with Gasteiger partial charge in [0.2, 0.25) is 0 Å². The average Bonchev–Trinajstić information content (AvgIpc) is 3.03. The number of hydrogen-bond donors (Lipinski definition) is 1. The highest BCUT2D eigenvalue weighted by Gasteiger charge is 2.33. The second-order valence-electron chi connectivity index (χ2n) is 6.00. The lowest BCUT2D eigenvalue weighted by molar-refractivity contribution is 0.181. The summed E-state index contributed by atoms with van der Waals surface area (Å²) in [7, 11) is 0. The normalized spacial score (nSPS) is 25.2. The Labute approximate surface area is 120 Å². The molecule has 104 valence electrons. The van der Waals surface area contributed by atoms with Gasteiger partial charge in [-0.15, -0.1) is 0 Å². The van der Waals surface area contributed by atoms with Gasteiger partial charge in [-0.3, -0.25) is 4.90 Å². The van der Waals surface area contributed by atoms with E-state index >= 15 is 0 Å². The number of phenols is 1. The molecule has 2 aliphatic rings. The molecule has 1 aromatic rings. The number of hydrogen-bond acceptors (Lipinski definition) is 2. The van der Waals surface area contributed by atoms with Crippen molar-refractivity contribution in [2.45, 2.75) is 51.1 Å². The molecule has 0 amide bonds. The minimum absolute atomic E-state index is 0.376. The lowest BCUT2D eigenvalue weighted by Gasteiger charge is -2.29. The van der Waals surface area contributed by atoms with Crippen LogP contribution in [0.1, 0.15) is 44.1 Å². The molecule has 1 saturated carbocycles. The highest BCUT2D eigenvalue weighted by atomic mass is 35.5. The summed E-state index contributed by atoms with van der Waals surface area (Å²) >= 11 is 6.04. The smallest absolute Gasteiger partial charge is 0.120 e. The van der Waals surface area contributed by atoms with E-state index in [2.05, 4.69) is 4.90 Å². The van der Waals surface area contributed by atoms with Gasteiger partial charge in [-0.2, -0.15) is 0 Å². The van der Waals surface area contributed by atoms with Gasteiger partial charge in [0.15, 0.2) is 0 Å². The van der Waals surface area contributed by atoms with E-state index in [1.165, 1.54) is 38.5 Å². The number of benzene rings is 1. The van der Waals surface area contributed by atoms with Crippen LogP contribution in [-0.2, 0) is 6.54 Å². The molecule has 1 aromatic carbocycles. The molecule has 0 bridgehead atoms. The predicted molar refractivity (Wildman–Crippen MR) is 78.5 cm³/mol. The maximum Gasteiger partial charge on any atom is 0.120 e. The highest BCUT2D eigenvalue weighted by molar-refractivity contribution is 6.30. The van der Waals surface area contributed by atoms with Gasteiger partial charge in [0.1, 0.15) is 5.75 Å². The van der Waals surface area contributed by atoms with Crippen molar-refractivity contribution in [2.75, 3.05) is 6.54 Å². The van der Waals surface area contributed by atoms with Crippen LogP contribution in [0.5, 0.6) is 5.75 Å². The van der Waals surface area contributed by atoms with Gasteiger partial charge in [-0.05, 0) is 56.3 Å². The summed E-state index contributed by atoms with van der Waals surface area (Å²) in [5.41, 5.74) is 0.970. The SMILES string of the molecule is Oc1ccc(Cl)cc1CN1CCCC1C1CCCC1. The molecule has 1 saturated heterocycles. The molecular formula is C16H22ClNO. The predicted octanol–water partition coefficient (Wildman–Crippen LogP) is 4.20. The third kappa shape index (κ3) is 2.90. The average molecular weight is 280 g/mol. The molecule has 0 spiro atoms. The first-order valence-corrected chi connectivity index (χ1v) is 7.83. The van der Waals surface area contributed by atoms with Gasteiger partial charge in [0.05, 0.1) is 0 Å². The highest BCUT2D eigenvalue weighted by Crippen LogP contribution is 2.36. The number of halogens is 1. The second-order valence-corrected chi connectivity index (χ2v) is 6.43. The summed E-state index contributed by atoms with van der Waals surface area (Å²) in [5.74, 6) is 1.25. The van der Waals surface area contributed by atoms with Crippen LogP contribution in [0.2, 0.25) is 5.02 Å². The number of nitrogens with zero attached hydrogens (tertiary/aromatic N) is 1. The maximum absolute atomic E-state index is 9.96. The molecule has 19 heavy (non-hydrogen) atoms. The zero-order valence-corrected chi connectivity index (χ0v) is 12.1. The molecule has 3 heteroatoms. The number of rotatable bonds is 3. The van der Waals surface area contributed by atoms with Crippen LogP contribution < -0.4 is 0 Å². The largest absolute Gasteiger partial charge is 0.508 e. The molecular weight excluding hydrogens is 258 g/mol. The molecule has 0 aromatic heterocycles. The summed E-state index contributed by atoms with van der Waals surface area (Å²) in [6.07, 6.45) is 8.20. The quantitative estimate of drug-likeness (QED) is 0.896. The summed E-state index contributed by atoms with van der Waals surface area (Å²) < 4.78 is 0. The van der Waals surface area contributed by atoms with E-state index < -0.39 is 0 Å². The Morgan fingerprint density at radius 2 is 1.95 bits per heavy atom. The zero-order chi connectivity index (χ0) is 13.2. The van der Waals surface area contributed by atoms with E-state index in [-0.39, 0.29) is 0 Å². The number of likely N-dealkylation sites (tertiary alicyclic amines) is 1. The Morgan fingerprint density at radius 3 is 2.74 bits per heavy atom. The fourth-order valence-electron chi connectivity index (χ4n) is 3.82. The van der Waals surface area contributed by atoms with Gasteiger partial charge >= 0.3 is 0 Å². The molecule has 3 rings (SSSR count). The van der Waals surface area contributed by atoms with E-state index in [4.69, 9.17) is 11.6 Å². The van der Waals surface area contributed by atoms with Crippen LogP contribution in [0.4, 0.5) is 0 Å². The Kier molecular flexibility index (Phi) is 3.99. The van der Waals surface area contributed by atoms with E-state index in [0.29, 0.717) is 10.8 Å². The van der Waals surface area contributed by atoms with Crippen LogP contribution in [0, 0.1) is 5.92 Å². The van der Waals surface area contributed by atoms with Crippen LogP contribution in [0.15, 0.2) is 18.2 Å². The summed E-state index contributed by atoms with van der Waals surface area (Å²) in [6, 6.07) is 6.08. The van der Waals surface area contributed by atoms with Gasteiger partial charge in [0.25, 0.3) is 0 Å². The molecule has 1 unspecified atom stereocenters. The first-order chi connectivity index (χ1) is 9.24. The molecule has 2 nitrogen and oxygen atoms in total. The molecule has 0 radical (unpaired) electrons. The molecule has 1 atom stereocenters. The lowest BCUT2D eigenvalue weighted by Crippen LogP contribution is -2.34. The van der Waals surface area contributed by atoms with E-state index in [1.54, 1.807) is 12.1 Å². The molecule has 1 heterocycles. The van der Waals surface area contributed by atoms with Crippen molar-refractivity contribution in [3.05, 3.63) is 28.8 Å². The van der Waals surface area contributed by atoms with Crippen molar-refractivity contribution >= 4 is 11.6 Å². The Balaban J connectivity index is 1.72. The number of aromatic hydroxyl groups is 1. The standard InChI is InChI=1S/C16H22ClNO/c17-14-7-8-16(19)13(10-14)11-18-9-3-6-15(18)12-4-1-2-5-12/h7-8,10,12,15,19H,1-6,9,11H2. The maximum atomic E-state index is 9.96. The lowest BCUT2D eigenvalue weighted by atomic mass is 9.96. The van der Waals surface area contributed by atoms with Crippen LogP contribution >= 0.6 is 11.6 Å². The third-order valence-corrected chi connectivity index (χ3v) is 5.01. The Morgan fingerprint density at radius 1 is 1.16 bits per heavy atom. The van der Waals surface area contributed by atoms with Crippen molar-refractivity contribution in [1.29, 1.82) is 0 Å². The van der Waals surface area contributed by atoms with E-state index in [0.717, 1.165) is 30.6 Å². The van der Waals surface area contributed by atoms with E-state index in [9.17, 15) is 5.11 Å². The monoisotopic (exact) mass is 279 g/mol. The fraction of sp³-hybridized carbons (Fsp3) is 0.625. The van der Waals surface area contributed by atoms with E-state index in [1.807, 2.05) is 6.07 Å². The first-order valence-electron chi connectivity index (χ1n) is 7.45. The van der Waals surface area contributed by atoms with Gasteiger partial charge in [-0.25, -0.2) is 0 Å². The van der Waals surface area contributed by atoms with Crippen molar-refractivity contribution in [1.82, 2.24) is 4.90 Å². The van der Waals surface area contributed by atoms with Crippen molar-refractivity contribution in [3.63, 3.8) is 0 Å². The van der Waals surface area contributed by atoms with Crippen LogP contribution in [0.25, 0.3) is 0 Å². The van der Waals surface area contributed by atoms with Crippen LogP contribution in [0.3, 0.4) is 0 Å². The van der Waals surface area contributed by atoms with Gasteiger partial charge in [0, 0.05) is 23.2 Å². The Hall–Kier alpha value is -0.730. The Bertz CT molecular complexity index is 442. The van der Waals surface area contributed by atoms with Gasteiger partial charge < -0.3 is 5.11 Å².